The molecule has 0 spiro atoms. The average Bonchev–Trinajstić information content (AvgIpc) is 3.24. The van der Waals surface area contributed by atoms with Crippen molar-refractivity contribution in [3.05, 3.63) is 60.2 Å². The molecule has 0 unspecified atom stereocenters. The van der Waals surface area contributed by atoms with Crippen molar-refractivity contribution in [1.82, 2.24) is 20.2 Å². The van der Waals surface area contributed by atoms with Crippen LogP contribution in [0.3, 0.4) is 0 Å². The van der Waals surface area contributed by atoms with Crippen molar-refractivity contribution in [1.29, 1.82) is 0 Å². The molecule has 28 heavy (non-hydrogen) atoms. The third-order valence-electron chi connectivity index (χ3n) is 5.08. The number of hydrogen-bond donors (Lipinski definition) is 2. The first-order valence-electron chi connectivity index (χ1n) is 9.49. The summed E-state index contributed by atoms with van der Waals surface area (Å²) in [6.07, 6.45) is 0. The predicted octanol–water partition coefficient (Wildman–Crippen LogP) is 0.739. The fourth-order valence-corrected chi connectivity index (χ4v) is 3.55. The summed E-state index contributed by atoms with van der Waals surface area (Å²) in [5.74, 6) is 1.50. The Morgan fingerprint density at radius 2 is 1.86 bits per heavy atom. The van der Waals surface area contributed by atoms with Crippen LogP contribution in [-0.2, 0) is 4.74 Å². The summed E-state index contributed by atoms with van der Waals surface area (Å²) < 4.78 is 12.6. The SMILES string of the molecule is COc1ccc([C@@H](CNc2nnnn2-c2ccccc2)[NH+]2CCOCC2)cc1. The highest BCUT2D eigenvalue weighted by molar-refractivity contribution is 5.38. The Hall–Kier alpha value is -2.97. The number of aromatic nitrogens is 4. The van der Waals surface area contributed by atoms with Gasteiger partial charge in [0.15, 0.2) is 0 Å². The number of tetrazole rings is 1. The molecule has 1 aliphatic heterocycles. The third kappa shape index (κ3) is 4.13. The van der Waals surface area contributed by atoms with E-state index in [1.165, 1.54) is 10.5 Å². The summed E-state index contributed by atoms with van der Waals surface area (Å²) >= 11 is 0. The van der Waals surface area contributed by atoms with Crippen LogP contribution in [0.25, 0.3) is 5.69 Å². The molecular weight excluding hydrogens is 356 g/mol. The molecule has 2 heterocycles. The van der Waals surface area contributed by atoms with Gasteiger partial charge in [0.05, 0.1) is 32.6 Å². The molecule has 8 heteroatoms. The molecule has 2 aromatic carbocycles. The largest absolute Gasteiger partial charge is 0.497 e. The lowest BCUT2D eigenvalue weighted by Gasteiger charge is -2.32. The van der Waals surface area contributed by atoms with E-state index in [0.29, 0.717) is 5.95 Å². The van der Waals surface area contributed by atoms with Crippen molar-refractivity contribution in [2.45, 2.75) is 6.04 Å². The number of rotatable bonds is 7. The zero-order valence-electron chi connectivity index (χ0n) is 15.9. The number of quaternary nitrogens is 1. The van der Waals surface area contributed by atoms with Gasteiger partial charge in [-0.1, -0.05) is 23.3 Å². The Bertz CT molecular complexity index is 862. The molecule has 8 nitrogen and oxygen atoms in total. The third-order valence-corrected chi connectivity index (χ3v) is 5.08. The number of ether oxygens (including phenoxy) is 2. The standard InChI is InChI=1S/C20H24N6O2/c1-27-18-9-7-16(8-10-18)19(25-11-13-28-14-12-25)15-21-20-22-23-24-26(20)17-5-3-2-4-6-17/h2-10,19H,11-15H2,1H3,(H,21,22,24)/p+1/t19-/m1/s1. The van der Waals surface area contributed by atoms with Crippen LogP contribution in [0, 0.1) is 0 Å². The van der Waals surface area contributed by atoms with Crippen LogP contribution in [0.4, 0.5) is 5.95 Å². The van der Waals surface area contributed by atoms with Crippen LogP contribution in [-0.4, -0.2) is 60.2 Å². The number of hydrogen-bond acceptors (Lipinski definition) is 6. The molecule has 3 aromatic rings. The summed E-state index contributed by atoms with van der Waals surface area (Å²) in [7, 11) is 1.69. The molecule has 0 amide bonds. The summed E-state index contributed by atoms with van der Waals surface area (Å²) in [5.41, 5.74) is 2.18. The van der Waals surface area contributed by atoms with Crippen molar-refractivity contribution < 1.29 is 14.4 Å². The molecule has 1 atom stereocenters. The van der Waals surface area contributed by atoms with Crippen molar-refractivity contribution in [2.24, 2.45) is 0 Å². The molecule has 0 aliphatic carbocycles. The quantitative estimate of drug-likeness (QED) is 0.629. The second-order valence-corrected chi connectivity index (χ2v) is 6.73. The minimum atomic E-state index is 0.260. The van der Waals surface area contributed by atoms with Gasteiger partial charge in [0.1, 0.15) is 24.9 Å². The average molecular weight is 381 g/mol. The van der Waals surface area contributed by atoms with E-state index < -0.39 is 0 Å². The van der Waals surface area contributed by atoms with Gasteiger partial charge >= 0.3 is 0 Å². The highest BCUT2D eigenvalue weighted by atomic mass is 16.5. The van der Waals surface area contributed by atoms with E-state index in [4.69, 9.17) is 9.47 Å². The van der Waals surface area contributed by atoms with Gasteiger partial charge in [-0.25, -0.2) is 0 Å². The molecule has 146 valence electrons. The first-order valence-corrected chi connectivity index (χ1v) is 9.49. The number of para-hydroxylation sites is 1. The van der Waals surface area contributed by atoms with Gasteiger partial charge < -0.3 is 19.7 Å². The van der Waals surface area contributed by atoms with E-state index in [0.717, 1.165) is 44.3 Å². The normalized spacial score (nSPS) is 15.9. The van der Waals surface area contributed by atoms with E-state index >= 15 is 0 Å². The summed E-state index contributed by atoms with van der Waals surface area (Å²) in [5, 5.41) is 15.6. The first kappa shape index (κ1) is 18.4. The molecule has 1 fully saturated rings. The maximum Gasteiger partial charge on any atom is 0.247 e. The zero-order chi connectivity index (χ0) is 19.2. The Kier molecular flexibility index (Phi) is 5.79. The van der Waals surface area contributed by atoms with Gasteiger partial charge in [-0.2, -0.15) is 4.68 Å². The molecule has 0 bridgehead atoms. The number of methoxy groups -OCH3 is 1. The van der Waals surface area contributed by atoms with E-state index in [9.17, 15) is 0 Å². The van der Waals surface area contributed by atoms with Crippen LogP contribution in [0.5, 0.6) is 5.75 Å². The summed E-state index contributed by atoms with van der Waals surface area (Å²) in [4.78, 5) is 1.49. The van der Waals surface area contributed by atoms with Crippen LogP contribution in [0.1, 0.15) is 11.6 Å². The van der Waals surface area contributed by atoms with Crippen LogP contribution in [0.2, 0.25) is 0 Å². The summed E-state index contributed by atoms with van der Waals surface area (Å²) in [6, 6.07) is 18.4. The smallest absolute Gasteiger partial charge is 0.247 e. The van der Waals surface area contributed by atoms with E-state index in [1.807, 2.05) is 42.5 Å². The molecule has 1 aliphatic rings. The first-order chi connectivity index (χ1) is 13.8. The van der Waals surface area contributed by atoms with Crippen molar-refractivity contribution in [3.63, 3.8) is 0 Å². The van der Waals surface area contributed by atoms with Crippen molar-refractivity contribution in [2.75, 3.05) is 45.3 Å². The number of nitrogens with zero attached hydrogens (tertiary/aromatic N) is 4. The van der Waals surface area contributed by atoms with Gasteiger partial charge in [-0.3, -0.25) is 0 Å². The topological polar surface area (TPSA) is 78.5 Å². The highest BCUT2D eigenvalue weighted by Gasteiger charge is 2.27. The lowest BCUT2D eigenvalue weighted by molar-refractivity contribution is -0.937. The van der Waals surface area contributed by atoms with Gasteiger partial charge in [-0.15, -0.1) is 0 Å². The molecule has 2 N–H and O–H groups in total. The van der Waals surface area contributed by atoms with Gasteiger partial charge in [0.25, 0.3) is 0 Å². The minimum absolute atomic E-state index is 0.260. The second kappa shape index (κ2) is 8.81. The lowest BCUT2D eigenvalue weighted by atomic mass is 10.0. The fraction of sp³-hybridized carbons (Fsp3) is 0.350. The number of benzene rings is 2. The second-order valence-electron chi connectivity index (χ2n) is 6.73. The van der Waals surface area contributed by atoms with Gasteiger partial charge in [0.2, 0.25) is 5.95 Å². The van der Waals surface area contributed by atoms with E-state index in [1.54, 1.807) is 11.8 Å². The Morgan fingerprint density at radius 3 is 2.57 bits per heavy atom. The fourth-order valence-electron chi connectivity index (χ4n) is 3.55. The maximum absolute atomic E-state index is 5.55. The highest BCUT2D eigenvalue weighted by Crippen LogP contribution is 2.17. The minimum Gasteiger partial charge on any atom is -0.497 e. The molecular formula is C20H25N6O2+. The maximum atomic E-state index is 5.55. The number of anilines is 1. The molecule has 0 saturated carbocycles. The molecule has 0 radical (unpaired) electrons. The number of morpholine rings is 1. The lowest BCUT2D eigenvalue weighted by Crippen LogP contribution is -3.14. The molecule has 1 saturated heterocycles. The Balaban J connectivity index is 1.54. The zero-order valence-corrected chi connectivity index (χ0v) is 15.9. The predicted molar refractivity (Wildman–Crippen MR) is 105 cm³/mol. The van der Waals surface area contributed by atoms with Crippen LogP contribution >= 0.6 is 0 Å². The van der Waals surface area contributed by atoms with Crippen molar-refractivity contribution >= 4 is 5.95 Å². The van der Waals surface area contributed by atoms with Gasteiger partial charge in [0, 0.05) is 5.56 Å². The van der Waals surface area contributed by atoms with E-state index in [2.05, 4.69) is 33.0 Å². The van der Waals surface area contributed by atoms with Crippen LogP contribution < -0.4 is 15.0 Å². The molecule has 1 aromatic heterocycles. The monoisotopic (exact) mass is 381 g/mol. The van der Waals surface area contributed by atoms with Crippen molar-refractivity contribution in [3.8, 4) is 11.4 Å². The Labute approximate surface area is 164 Å². The molecule has 4 rings (SSSR count). The number of nitrogens with one attached hydrogen (secondary N) is 2. The van der Waals surface area contributed by atoms with Gasteiger partial charge in [-0.05, 0) is 46.8 Å². The Morgan fingerprint density at radius 1 is 1.11 bits per heavy atom. The van der Waals surface area contributed by atoms with E-state index in [-0.39, 0.29) is 6.04 Å². The van der Waals surface area contributed by atoms with Crippen LogP contribution in [0.15, 0.2) is 54.6 Å². The summed E-state index contributed by atoms with van der Waals surface area (Å²) in [6.45, 7) is 4.23.